The molecule has 1 aliphatic carbocycles. The van der Waals surface area contributed by atoms with Crippen LogP contribution in [0.2, 0.25) is 0 Å². The van der Waals surface area contributed by atoms with Gasteiger partial charge in [0, 0.05) is 13.1 Å². The Morgan fingerprint density at radius 2 is 2.05 bits per heavy atom. The molecule has 0 radical (unpaired) electrons. The number of nitrogens with one attached hydrogen (secondary N) is 1. The van der Waals surface area contributed by atoms with E-state index in [0.717, 1.165) is 18.5 Å². The summed E-state index contributed by atoms with van der Waals surface area (Å²) in [5.74, 6) is 0.652. The highest BCUT2D eigenvalue weighted by atomic mass is 16.5. The van der Waals surface area contributed by atoms with Crippen molar-refractivity contribution in [2.45, 2.75) is 39.2 Å². The average Bonchev–Trinajstić information content (AvgIpc) is 2.45. The molecule has 20 heavy (non-hydrogen) atoms. The third kappa shape index (κ3) is 3.73. The Bertz CT molecular complexity index is 433. The van der Waals surface area contributed by atoms with Crippen LogP contribution in [-0.4, -0.2) is 19.1 Å². The lowest BCUT2D eigenvalue weighted by Gasteiger charge is -2.41. The molecule has 1 saturated carbocycles. The Kier molecular flexibility index (Phi) is 5.01. The van der Waals surface area contributed by atoms with Crippen molar-refractivity contribution in [3.8, 4) is 5.75 Å². The number of carbonyl (C=O) groups is 1. The Hall–Kier alpha value is -1.55. The molecule has 0 aromatic heterocycles. The standard InChI is InChI=1S/C16H24N2O2/c1-2-16(8-3-9-16)12-18-15(19)11-20-14-6-4-13(10-17)5-7-14/h4-7H,2-3,8-12,17H2,1H3,(H,18,19). The van der Waals surface area contributed by atoms with Gasteiger partial charge >= 0.3 is 0 Å². The van der Waals surface area contributed by atoms with E-state index in [1.165, 1.54) is 19.3 Å². The van der Waals surface area contributed by atoms with E-state index in [9.17, 15) is 4.79 Å². The number of carbonyl (C=O) groups excluding carboxylic acids is 1. The van der Waals surface area contributed by atoms with E-state index in [1.54, 1.807) is 0 Å². The van der Waals surface area contributed by atoms with Crippen LogP contribution in [-0.2, 0) is 11.3 Å². The van der Waals surface area contributed by atoms with Crippen LogP contribution in [0, 0.1) is 5.41 Å². The molecule has 0 saturated heterocycles. The molecule has 0 bridgehead atoms. The molecule has 1 aromatic rings. The highest BCUT2D eigenvalue weighted by molar-refractivity contribution is 5.77. The largest absolute Gasteiger partial charge is 0.484 e. The first-order valence-electron chi connectivity index (χ1n) is 7.36. The van der Waals surface area contributed by atoms with E-state index in [1.807, 2.05) is 24.3 Å². The zero-order chi connectivity index (χ0) is 14.4. The quantitative estimate of drug-likeness (QED) is 0.802. The van der Waals surface area contributed by atoms with Gasteiger partial charge < -0.3 is 15.8 Å². The molecule has 110 valence electrons. The Morgan fingerprint density at radius 1 is 1.35 bits per heavy atom. The van der Waals surface area contributed by atoms with Crippen LogP contribution in [0.25, 0.3) is 0 Å². The molecule has 2 rings (SSSR count). The molecule has 0 atom stereocenters. The lowest BCUT2D eigenvalue weighted by Crippen LogP contribution is -2.43. The molecule has 3 N–H and O–H groups in total. The van der Waals surface area contributed by atoms with Gasteiger partial charge in [-0.15, -0.1) is 0 Å². The summed E-state index contributed by atoms with van der Waals surface area (Å²) in [6.07, 6.45) is 4.87. The van der Waals surface area contributed by atoms with Crippen LogP contribution in [0.4, 0.5) is 0 Å². The van der Waals surface area contributed by atoms with Crippen LogP contribution in [0.3, 0.4) is 0 Å². The molecular weight excluding hydrogens is 252 g/mol. The second-order valence-electron chi connectivity index (χ2n) is 5.62. The van der Waals surface area contributed by atoms with Gasteiger partial charge in [0.2, 0.25) is 0 Å². The monoisotopic (exact) mass is 276 g/mol. The molecule has 1 aliphatic rings. The van der Waals surface area contributed by atoms with E-state index in [4.69, 9.17) is 10.5 Å². The summed E-state index contributed by atoms with van der Waals surface area (Å²) in [5, 5.41) is 2.99. The average molecular weight is 276 g/mol. The molecule has 1 amide bonds. The highest BCUT2D eigenvalue weighted by Crippen LogP contribution is 2.42. The molecule has 1 aromatic carbocycles. The van der Waals surface area contributed by atoms with Crippen LogP contribution in [0.15, 0.2) is 24.3 Å². The molecule has 4 nitrogen and oxygen atoms in total. The molecule has 1 fully saturated rings. The number of hydrogen-bond acceptors (Lipinski definition) is 3. The van der Waals surface area contributed by atoms with Crippen molar-refractivity contribution in [2.24, 2.45) is 11.1 Å². The van der Waals surface area contributed by atoms with E-state index in [2.05, 4.69) is 12.2 Å². The SMILES string of the molecule is CCC1(CNC(=O)COc2ccc(CN)cc2)CCC1. The lowest BCUT2D eigenvalue weighted by atomic mass is 9.67. The van der Waals surface area contributed by atoms with Gasteiger partial charge in [0.25, 0.3) is 5.91 Å². The minimum absolute atomic E-state index is 0.0485. The number of rotatable bonds is 7. The zero-order valence-corrected chi connectivity index (χ0v) is 12.2. The first-order chi connectivity index (χ1) is 9.67. The minimum atomic E-state index is -0.0485. The van der Waals surface area contributed by atoms with E-state index >= 15 is 0 Å². The molecular formula is C16H24N2O2. The van der Waals surface area contributed by atoms with Crippen LogP contribution in [0.1, 0.15) is 38.2 Å². The smallest absolute Gasteiger partial charge is 0.257 e. The van der Waals surface area contributed by atoms with Gasteiger partial charge in [-0.3, -0.25) is 4.79 Å². The summed E-state index contributed by atoms with van der Waals surface area (Å²) in [5.41, 5.74) is 6.93. The van der Waals surface area contributed by atoms with Gasteiger partial charge in [0.05, 0.1) is 0 Å². The second-order valence-corrected chi connectivity index (χ2v) is 5.62. The van der Waals surface area contributed by atoms with Gasteiger partial charge in [-0.2, -0.15) is 0 Å². The maximum absolute atomic E-state index is 11.8. The van der Waals surface area contributed by atoms with E-state index < -0.39 is 0 Å². The first-order valence-corrected chi connectivity index (χ1v) is 7.36. The Morgan fingerprint density at radius 3 is 2.55 bits per heavy atom. The van der Waals surface area contributed by atoms with Crippen molar-refractivity contribution in [3.05, 3.63) is 29.8 Å². The number of amides is 1. The van der Waals surface area contributed by atoms with Crippen molar-refractivity contribution in [2.75, 3.05) is 13.2 Å². The van der Waals surface area contributed by atoms with Crippen LogP contribution in [0.5, 0.6) is 5.75 Å². The zero-order valence-electron chi connectivity index (χ0n) is 12.2. The van der Waals surface area contributed by atoms with E-state index in [-0.39, 0.29) is 12.5 Å². The molecule has 0 spiro atoms. The predicted molar refractivity (Wildman–Crippen MR) is 79.4 cm³/mol. The number of ether oxygens (including phenoxy) is 1. The number of nitrogens with two attached hydrogens (primary N) is 1. The van der Waals surface area contributed by atoms with Crippen LogP contribution < -0.4 is 15.8 Å². The van der Waals surface area contributed by atoms with Crippen molar-refractivity contribution in [3.63, 3.8) is 0 Å². The number of hydrogen-bond donors (Lipinski definition) is 2. The summed E-state index contributed by atoms with van der Waals surface area (Å²) in [7, 11) is 0. The van der Waals surface area contributed by atoms with Crippen molar-refractivity contribution in [1.82, 2.24) is 5.32 Å². The fraction of sp³-hybridized carbons (Fsp3) is 0.562. The predicted octanol–water partition coefficient (Wildman–Crippen LogP) is 2.22. The summed E-state index contributed by atoms with van der Waals surface area (Å²) in [6.45, 7) is 3.56. The maximum atomic E-state index is 11.8. The van der Waals surface area contributed by atoms with Crippen molar-refractivity contribution >= 4 is 5.91 Å². The Labute approximate surface area is 120 Å². The fourth-order valence-corrected chi connectivity index (χ4v) is 2.54. The topological polar surface area (TPSA) is 64.3 Å². The molecule has 0 aliphatic heterocycles. The summed E-state index contributed by atoms with van der Waals surface area (Å²) < 4.78 is 5.46. The van der Waals surface area contributed by atoms with Gasteiger partial charge in [-0.25, -0.2) is 0 Å². The van der Waals surface area contributed by atoms with Crippen LogP contribution >= 0.6 is 0 Å². The molecule has 4 heteroatoms. The summed E-state index contributed by atoms with van der Waals surface area (Å²) in [4.78, 5) is 11.8. The lowest BCUT2D eigenvalue weighted by molar-refractivity contribution is -0.124. The molecule has 0 unspecified atom stereocenters. The minimum Gasteiger partial charge on any atom is -0.484 e. The van der Waals surface area contributed by atoms with Gasteiger partial charge in [0.15, 0.2) is 6.61 Å². The first kappa shape index (κ1) is 14.9. The Balaban J connectivity index is 1.71. The van der Waals surface area contributed by atoms with Gasteiger partial charge in [-0.05, 0) is 42.4 Å². The third-order valence-electron chi connectivity index (χ3n) is 4.35. The summed E-state index contributed by atoms with van der Waals surface area (Å²) in [6, 6.07) is 7.51. The van der Waals surface area contributed by atoms with Gasteiger partial charge in [-0.1, -0.05) is 25.5 Å². The molecule has 0 heterocycles. The van der Waals surface area contributed by atoms with E-state index in [0.29, 0.717) is 17.7 Å². The summed E-state index contributed by atoms with van der Waals surface area (Å²) >= 11 is 0. The second kappa shape index (κ2) is 6.75. The third-order valence-corrected chi connectivity index (χ3v) is 4.35. The fourth-order valence-electron chi connectivity index (χ4n) is 2.54. The number of benzene rings is 1. The van der Waals surface area contributed by atoms with Crippen molar-refractivity contribution < 1.29 is 9.53 Å². The maximum Gasteiger partial charge on any atom is 0.257 e. The van der Waals surface area contributed by atoms with Gasteiger partial charge in [0.1, 0.15) is 5.75 Å². The van der Waals surface area contributed by atoms with Crippen molar-refractivity contribution in [1.29, 1.82) is 0 Å². The normalized spacial score (nSPS) is 16.3. The highest BCUT2D eigenvalue weighted by Gasteiger charge is 2.35.